The average Bonchev–Trinajstić information content (AvgIpc) is 2.69. The van der Waals surface area contributed by atoms with E-state index in [0.29, 0.717) is 30.4 Å². The van der Waals surface area contributed by atoms with Gasteiger partial charge in [0.2, 0.25) is 10.0 Å². The molecule has 0 unspecified atom stereocenters. The molecule has 158 valence electrons. The van der Waals surface area contributed by atoms with Crippen LogP contribution in [0, 0.1) is 0 Å². The highest BCUT2D eigenvalue weighted by Gasteiger charge is 2.32. The Kier molecular flexibility index (Phi) is 7.47. The molecule has 0 aliphatic carbocycles. The molecule has 2 aliphatic heterocycles. The van der Waals surface area contributed by atoms with Crippen molar-refractivity contribution < 1.29 is 28.1 Å². The fourth-order valence-electron chi connectivity index (χ4n) is 4.02. The van der Waals surface area contributed by atoms with E-state index in [-0.39, 0.29) is 6.10 Å². The van der Waals surface area contributed by atoms with Crippen molar-refractivity contribution in [2.45, 2.75) is 30.8 Å². The number of aliphatic hydroxyl groups excluding tert-OH is 1. The van der Waals surface area contributed by atoms with Gasteiger partial charge in [0.15, 0.2) is 6.10 Å². The van der Waals surface area contributed by atoms with Crippen molar-refractivity contribution in [1.82, 2.24) is 4.31 Å². The van der Waals surface area contributed by atoms with Crippen LogP contribution in [0.2, 0.25) is 0 Å². The summed E-state index contributed by atoms with van der Waals surface area (Å²) in [6, 6.07) is 7.25. The van der Waals surface area contributed by atoms with Gasteiger partial charge in [-0.15, -0.1) is 0 Å². The quantitative estimate of drug-likeness (QED) is 0.482. The van der Waals surface area contributed by atoms with E-state index in [1.54, 1.807) is 16.4 Å². The number of rotatable bonds is 7. The molecule has 0 saturated carbocycles. The maximum absolute atomic E-state index is 12.9. The molecule has 1 aromatic carbocycles. The summed E-state index contributed by atoms with van der Waals surface area (Å²) >= 11 is 0. The molecule has 28 heavy (non-hydrogen) atoms. The Bertz CT molecular complexity index is 709. The number of hydrogen-bond acceptors (Lipinski definition) is 4. The third kappa shape index (κ3) is 5.52. The fraction of sp³-hybridized carbons (Fsp3) is 0.700. The van der Waals surface area contributed by atoms with Crippen molar-refractivity contribution in [3.63, 3.8) is 0 Å². The van der Waals surface area contributed by atoms with Gasteiger partial charge in [-0.2, -0.15) is 4.31 Å². The lowest BCUT2D eigenvalue weighted by molar-refractivity contribution is -0.930. The molecular weight excluding hydrogens is 378 g/mol. The first-order valence-electron chi connectivity index (χ1n) is 10.4. The van der Waals surface area contributed by atoms with E-state index >= 15 is 0 Å². The smallest absolute Gasteiger partial charge is 0.243 e. The van der Waals surface area contributed by atoms with Gasteiger partial charge < -0.3 is 19.6 Å². The van der Waals surface area contributed by atoms with Crippen LogP contribution < -0.4 is 9.80 Å². The molecule has 2 heterocycles. The molecule has 1 aromatic rings. The van der Waals surface area contributed by atoms with Crippen LogP contribution in [0.1, 0.15) is 25.3 Å². The number of ether oxygens (including phenoxy) is 1. The van der Waals surface area contributed by atoms with Gasteiger partial charge in [0.25, 0.3) is 0 Å². The van der Waals surface area contributed by atoms with E-state index in [1.807, 2.05) is 12.1 Å². The Morgan fingerprint density at radius 2 is 1.54 bits per heavy atom. The molecule has 2 fully saturated rings. The van der Waals surface area contributed by atoms with Gasteiger partial charge in [-0.05, 0) is 23.6 Å². The Balaban J connectivity index is 1.49. The number of benzene rings is 1. The highest BCUT2D eigenvalue weighted by molar-refractivity contribution is 7.89. The largest absolute Gasteiger partial charge is 0.382 e. The lowest BCUT2D eigenvalue weighted by atomic mass is 10.0. The highest BCUT2D eigenvalue weighted by atomic mass is 32.2. The number of nitrogens with one attached hydrogen (secondary N) is 2. The lowest BCUT2D eigenvalue weighted by Gasteiger charge is -2.33. The SMILES string of the molecule is CC(C)c1ccc(S(=O)(=O)N2CC[NH+](C[C@@H](O)C[NH+]3CCOCC3)CC2)cc1. The zero-order valence-electron chi connectivity index (χ0n) is 17.1. The maximum atomic E-state index is 12.9. The topological polar surface area (TPSA) is 75.7 Å². The van der Waals surface area contributed by atoms with E-state index in [4.69, 9.17) is 4.74 Å². The number of quaternary nitrogens is 2. The first-order valence-corrected chi connectivity index (χ1v) is 11.8. The minimum absolute atomic E-state index is 0.352. The fourth-order valence-corrected chi connectivity index (χ4v) is 5.46. The predicted molar refractivity (Wildman–Crippen MR) is 107 cm³/mol. The van der Waals surface area contributed by atoms with E-state index in [1.165, 1.54) is 9.80 Å². The van der Waals surface area contributed by atoms with Crippen LogP contribution in [0.4, 0.5) is 0 Å². The van der Waals surface area contributed by atoms with Crippen LogP contribution in [0.25, 0.3) is 0 Å². The number of aliphatic hydroxyl groups is 1. The molecule has 0 spiro atoms. The standard InChI is InChI=1S/C20H33N3O4S/c1-17(2)18-3-5-20(6-4-18)28(25,26)23-9-7-21(8-10-23)15-19(24)16-22-11-13-27-14-12-22/h3-6,17,19,24H,7-16H2,1-2H3/p+2/t19-/m1/s1. The molecular formula is C20H35N3O4S+2. The van der Waals surface area contributed by atoms with Gasteiger partial charge in [0.1, 0.15) is 26.2 Å². The number of piperazine rings is 1. The molecule has 0 aromatic heterocycles. The van der Waals surface area contributed by atoms with Gasteiger partial charge in [-0.1, -0.05) is 26.0 Å². The highest BCUT2D eigenvalue weighted by Crippen LogP contribution is 2.20. The molecule has 0 bridgehead atoms. The number of hydrogen-bond donors (Lipinski definition) is 3. The predicted octanol–water partition coefficient (Wildman–Crippen LogP) is -2.02. The minimum Gasteiger partial charge on any atom is -0.382 e. The molecule has 3 N–H and O–H groups in total. The summed E-state index contributed by atoms with van der Waals surface area (Å²) in [5.74, 6) is 0.384. The van der Waals surface area contributed by atoms with Crippen molar-refractivity contribution >= 4 is 10.0 Å². The van der Waals surface area contributed by atoms with Crippen LogP contribution in [0.15, 0.2) is 29.2 Å². The van der Waals surface area contributed by atoms with E-state index in [9.17, 15) is 13.5 Å². The Morgan fingerprint density at radius 3 is 2.07 bits per heavy atom. The van der Waals surface area contributed by atoms with Crippen LogP contribution in [0.3, 0.4) is 0 Å². The van der Waals surface area contributed by atoms with Gasteiger partial charge in [-0.3, -0.25) is 0 Å². The van der Waals surface area contributed by atoms with Crippen molar-refractivity contribution in [2.24, 2.45) is 0 Å². The summed E-state index contributed by atoms with van der Waals surface area (Å²) in [6.45, 7) is 11.5. The summed E-state index contributed by atoms with van der Waals surface area (Å²) < 4.78 is 32.8. The van der Waals surface area contributed by atoms with Gasteiger partial charge >= 0.3 is 0 Å². The lowest BCUT2D eigenvalue weighted by Crippen LogP contribution is -3.19. The van der Waals surface area contributed by atoms with E-state index in [0.717, 1.165) is 51.5 Å². The van der Waals surface area contributed by atoms with Crippen LogP contribution in [0.5, 0.6) is 0 Å². The average molecular weight is 414 g/mol. The molecule has 3 rings (SSSR count). The Hall–Kier alpha value is -1.03. The molecule has 0 amide bonds. The number of morpholine rings is 1. The van der Waals surface area contributed by atoms with Gasteiger partial charge in [-0.25, -0.2) is 8.42 Å². The summed E-state index contributed by atoms with van der Waals surface area (Å²) in [7, 11) is -3.44. The monoisotopic (exact) mass is 413 g/mol. The summed E-state index contributed by atoms with van der Waals surface area (Å²) in [5, 5.41) is 10.4. The molecule has 8 heteroatoms. The molecule has 2 saturated heterocycles. The molecule has 2 aliphatic rings. The number of nitrogens with zero attached hydrogens (tertiary/aromatic N) is 1. The van der Waals surface area contributed by atoms with Gasteiger partial charge in [0.05, 0.1) is 44.3 Å². The van der Waals surface area contributed by atoms with E-state index < -0.39 is 10.0 Å². The Labute approximate surface area is 168 Å². The van der Waals surface area contributed by atoms with Gasteiger partial charge in [0, 0.05) is 0 Å². The summed E-state index contributed by atoms with van der Waals surface area (Å²) in [4.78, 5) is 3.04. The maximum Gasteiger partial charge on any atom is 0.243 e. The second kappa shape index (κ2) is 9.65. The second-order valence-corrected chi connectivity index (χ2v) is 10.2. The summed E-state index contributed by atoms with van der Waals surface area (Å²) in [5.41, 5.74) is 1.14. The zero-order chi connectivity index (χ0) is 20.1. The van der Waals surface area contributed by atoms with Crippen LogP contribution >= 0.6 is 0 Å². The second-order valence-electron chi connectivity index (χ2n) is 8.30. The molecule has 7 nitrogen and oxygen atoms in total. The number of sulfonamides is 1. The molecule has 1 atom stereocenters. The van der Waals surface area contributed by atoms with Crippen molar-refractivity contribution in [2.75, 3.05) is 65.6 Å². The summed E-state index contributed by atoms with van der Waals surface area (Å²) in [6.07, 6.45) is -0.352. The normalized spacial score (nSPS) is 21.9. The first-order chi connectivity index (χ1) is 13.4. The van der Waals surface area contributed by atoms with Crippen molar-refractivity contribution in [3.8, 4) is 0 Å². The molecule has 0 radical (unpaired) electrons. The Morgan fingerprint density at radius 1 is 1.00 bits per heavy atom. The first kappa shape index (κ1) is 21.7. The third-order valence-electron chi connectivity index (χ3n) is 5.86. The zero-order valence-corrected chi connectivity index (χ0v) is 17.9. The van der Waals surface area contributed by atoms with Crippen molar-refractivity contribution in [3.05, 3.63) is 29.8 Å². The van der Waals surface area contributed by atoms with Crippen LogP contribution in [-0.2, 0) is 14.8 Å². The van der Waals surface area contributed by atoms with Crippen molar-refractivity contribution in [1.29, 1.82) is 0 Å². The third-order valence-corrected chi connectivity index (χ3v) is 7.78. The van der Waals surface area contributed by atoms with Crippen LogP contribution in [-0.4, -0.2) is 89.5 Å². The minimum atomic E-state index is -3.44. The van der Waals surface area contributed by atoms with E-state index in [2.05, 4.69) is 13.8 Å².